The highest BCUT2D eigenvalue weighted by molar-refractivity contribution is 6.29. The summed E-state index contributed by atoms with van der Waals surface area (Å²) < 4.78 is 18.3. The third-order valence-electron chi connectivity index (χ3n) is 4.74. The number of amides is 1. The number of aliphatic hydroxyl groups is 2. The molecule has 1 amide bonds. The van der Waals surface area contributed by atoms with Crippen molar-refractivity contribution < 1.29 is 23.8 Å². The van der Waals surface area contributed by atoms with Gasteiger partial charge in [-0.25, -0.2) is 4.39 Å². The lowest BCUT2D eigenvalue weighted by Gasteiger charge is -2.45. The number of nitrogens with zero attached hydrogens (tertiary/aromatic N) is 1. The Morgan fingerprint density at radius 3 is 2.64 bits per heavy atom. The average Bonchev–Trinajstić information content (AvgIpc) is 3.05. The van der Waals surface area contributed by atoms with Crippen molar-refractivity contribution in [3.63, 3.8) is 0 Å². The van der Waals surface area contributed by atoms with Crippen LogP contribution >= 0.6 is 11.6 Å². The van der Waals surface area contributed by atoms with Gasteiger partial charge in [0.15, 0.2) is 11.0 Å². The van der Waals surface area contributed by atoms with Gasteiger partial charge >= 0.3 is 0 Å². The Balaban J connectivity index is 1.81. The fraction of sp³-hybridized carbons (Fsp3) is 0.389. The van der Waals surface area contributed by atoms with Crippen molar-refractivity contribution in [3.05, 3.63) is 58.8 Å². The lowest BCUT2D eigenvalue weighted by atomic mass is 9.73. The Bertz CT molecular complexity index is 748. The number of furan rings is 1. The molecule has 2 atom stereocenters. The van der Waals surface area contributed by atoms with Crippen LogP contribution in [0.5, 0.6) is 0 Å². The van der Waals surface area contributed by atoms with Gasteiger partial charge in [-0.15, -0.1) is 0 Å². The van der Waals surface area contributed by atoms with E-state index < -0.39 is 11.5 Å². The molecule has 1 saturated heterocycles. The van der Waals surface area contributed by atoms with Gasteiger partial charge in [0.2, 0.25) is 0 Å². The zero-order valence-electron chi connectivity index (χ0n) is 13.5. The van der Waals surface area contributed by atoms with Gasteiger partial charge in [-0.1, -0.05) is 12.1 Å². The van der Waals surface area contributed by atoms with E-state index in [-0.39, 0.29) is 35.9 Å². The summed E-state index contributed by atoms with van der Waals surface area (Å²) in [6.07, 6.45) is -0.109. The molecule has 1 fully saturated rings. The first-order valence-corrected chi connectivity index (χ1v) is 8.39. The summed E-state index contributed by atoms with van der Waals surface area (Å²) in [5.74, 6) is -0.566. The number of hydrogen-bond acceptors (Lipinski definition) is 4. The first-order chi connectivity index (χ1) is 11.9. The summed E-state index contributed by atoms with van der Waals surface area (Å²) in [5.41, 5.74) is -0.132. The number of hydrogen-bond donors (Lipinski definition) is 2. The van der Waals surface area contributed by atoms with Crippen LogP contribution in [0.15, 0.2) is 40.8 Å². The summed E-state index contributed by atoms with van der Waals surface area (Å²) in [7, 11) is 0. The first-order valence-electron chi connectivity index (χ1n) is 8.01. The Kier molecular flexibility index (Phi) is 5.13. The maximum absolute atomic E-state index is 13.1. The quantitative estimate of drug-likeness (QED) is 0.870. The van der Waals surface area contributed by atoms with Crippen LogP contribution in [0.2, 0.25) is 5.22 Å². The zero-order chi connectivity index (χ0) is 18.0. The molecule has 1 aromatic carbocycles. The van der Waals surface area contributed by atoms with Crippen molar-refractivity contribution >= 4 is 17.5 Å². The molecule has 5 nitrogen and oxygen atoms in total. The summed E-state index contributed by atoms with van der Waals surface area (Å²) in [6.45, 7) is 0.219. The maximum Gasteiger partial charge on any atom is 0.289 e. The molecule has 0 unspecified atom stereocenters. The second-order valence-corrected chi connectivity index (χ2v) is 6.83. The molecule has 2 aromatic rings. The van der Waals surface area contributed by atoms with Gasteiger partial charge in [-0.2, -0.15) is 0 Å². The fourth-order valence-electron chi connectivity index (χ4n) is 3.30. The second kappa shape index (κ2) is 7.15. The minimum atomic E-state index is -0.915. The molecule has 1 aliphatic heterocycles. The highest BCUT2D eigenvalue weighted by Crippen LogP contribution is 2.34. The Hall–Kier alpha value is -1.89. The largest absolute Gasteiger partial charge is 0.440 e. The van der Waals surface area contributed by atoms with E-state index in [9.17, 15) is 19.4 Å². The fourth-order valence-corrected chi connectivity index (χ4v) is 3.45. The highest BCUT2D eigenvalue weighted by Gasteiger charge is 2.44. The number of piperidine rings is 1. The van der Waals surface area contributed by atoms with Gasteiger partial charge in [0.1, 0.15) is 5.82 Å². The summed E-state index contributed by atoms with van der Waals surface area (Å²) in [5, 5.41) is 20.6. The second-order valence-electron chi connectivity index (χ2n) is 6.46. The monoisotopic (exact) mass is 367 g/mol. The number of halogens is 2. The van der Waals surface area contributed by atoms with E-state index in [1.165, 1.54) is 24.3 Å². The summed E-state index contributed by atoms with van der Waals surface area (Å²) in [6, 6.07) is 8.90. The topological polar surface area (TPSA) is 73.9 Å². The predicted octanol–water partition coefficient (Wildman–Crippen LogP) is 2.50. The van der Waals surface area contributed by atoms with E-state index >= 15 is 0 Å². The molecule has 1 aliphatic rings. The summed E-state index contributed by atoms with van der Waals surface area (Å²) >= 11 is 5.72. The predicted molar refractivity (Wildman–Crippen MR) is 89.9 cm³/mol. The summed E-state index contributed by atoms with van der Waals surface area (Å²) in [4.78, 5) is 14.1. The van der Waals surface area contributed by atoms with Crippen molar-refractivity contribution in [2.24, 2.45) is 5.41 Å². The number of aliphatic hydroxyl groups excluding tert-OH is 2. The Labute approximate surface area is 149 Å². The normalized spacial score (nSPS) is 23.7. The molecule has 7 heteroatoms. The third kappa shape index (κ3) is 3.71. The van der Waals surface area contributed by atoms with E-state index in [4.69, 9.17) is 16.0 Å². The van der Waals surface area contributed by atoms with Crippen LogP contribution in [0.3, 0.4) is 0 Å². The lowest BCUT2D eigenvalue weighted by Crippen LogP contribution is -2.56. The van der Waals surface area contributed by atoms with Crippen LogP contribution in [0.4, 0.5) is 4.39 Å². The van der Waals surface area contributed by atoms with Gasteiger partial charge in [0.25, 0.3) is 5.91 Å². The average molecular weight is 368 g/mol. The number of rotatable bonds is 4. The van der Waals surface area contributed by atoms with Crippen LogP contribution in [0.1, 0.15) is 22.5 Å². The minimum Gasteiger partial charge on any atom is -0.440 e. The molecule has 3 rings (SSSR count). The standard InChI is InChI=1S/C18H19ClFNO4/c19-16-6-5-14(25-16)17(24)21-8-7-15(23)18(10-21,11-22)9-12-1-3-13(20)4-2-12/h1-6,15,22-23H,7-11H2/t15-,18-/m0/s1. The van der Waals surface area contributed by atoms with Crippen molar-refractivity contribution in [1.29, 1.82) is 0 Å². The van der Waals surface area contributed by atoms with Gasteiger partial charge in [-0.05, 0) is 54.3 Å². The molecule has 25 heavy (non-hydrogen) atoms. The van der Waals surface area contributed by atoms with Crippen LogP contribution in [0, 0.1) is 11.2 Å². The van der Waals surface area contributed by atoms with E-state index in [0.29, 0.717) is 19.4 Å². The molecular formula is C18H19ClFNO4. The highest BCUT2D eigenvalue weighted by atomic mass is 35.5. The molecule has 0 saturated carbocycles. The third-order valence-corrected chi connectivity index (χ3v) is 4.94. The van der Waals surface area contributed by atoms with E-state index in [1.54, 1.807) is 17.0 Å². The molecular weight excluding hydrogens is 349 g/mol. The van der Waals surface area contributed by atoms with Crippen LogP contribution in [0.25, 0.3) is 0 Å². The van der Waals surface area contributed by atoms with E-state index in [2.05, 4.69) is 0 Å². The first kappa shape index (κ1) is 17.9. The molecule has 0 bridgehead atoms. The van der Waals surface area contributed by atoms with Crippen molar-refractivity contribution in [2.45, 2.75) is 18.9 Å². The Morgan fingerprint density at radius 2 is 2.04 bits per heavy atom. The van der Waals surface area contributed by atoms with Crippen molar-refractivity contribution in [3.8, 4) is 0 Å². The van der Waals surface area contributed by atoms with Gasteiger partial charge in [-0.3, -0.25) is 4.79 Å². The van der Waals surface area contributed by atoms with Gasteiger partial charge in [0, 0.05) is 18.5 Å². The van der Waals surface area contributed by atoms with Crippen LogP contribution in [-0.2, 0) is 6.42 Å². The molecule has 0 aliphatic carbocycles. The van der Waals surface area contributed by atoms with Gasteiger partial charge in [0.05, 0.1) is 12.7 Å². The van der Waals surface area contributed by atoms with Crippen LogP contribution < -0.4 is 0 Å². The maximum atomic E-state index is 13.1. The van der Waals surface area contributed by atoms with E-state index in [0.717, 1.165) is 5.56 Å². The van der Waals surface area contributed by atoms with Crippen LogP contribution in [-0.4, -0.2) is 46.8 Å². The lowest BCUT2D eigenvalue weighted by molar-refractivity contribution is -0.0673. The Morgan fingerprint density at radius 1 is 1.32 bits per heavy atom. The SMILES string of the molecule is O=C(c1ccc(Cl)o1)N1CC[C@H](O)[C@@](CO)(Cc2ccc(F)cc2)C1. The zero-order valence-corrected chi connectivity index (χ0v) is 14.2. The molecule has 0 radical (unpaired) electrons. The number of likely N-dealkylation sites (tertiary alicyclic amines) is 1. The number of carbonyl (C=O) groups excluding carboxylic acids is 1. The molecule has 2 N–H and O–H groups in total. The van der Waals surface area contributed by atoms with Gasteiger partial charge < -0.3 is 19.5 Å². The molecule has 1 aromatic heterocycles. The van der Waals surface area contributed by atoms with E-state index in [1.807, 2.05) is 0 Å². The van der Waals surface area contributed by atoms with Crippen molar-refractivity contribution in [2.75, 3.05) is 19.7 Å². The molecule has 0 spiro atoms. The number of carbonyl (C=O) groups is 1. The minimum absolute atomic E-state index is 0.120. The smallest absolute Gasteiger partial charge is 0.289 e. The molecule has 2 heterocycles. The number of benzene rings is 1. The van der Waals surface area contributed by atoms with Crippen molar-refractivity contribution in [1.82, 2.24) is 4.90 Å². The molecule has 134 valence electrons.